The summed E-state index contributed by atoms with van der Waals surface area (Å²) in [5, 5.41) is 2.89. The van der Waals surface area contributed by atoms with Gasteiger partial charge in [-0.3, -0.25) is 9.69 Å². The molecule has 3 aromatic carbocycles. The summed E-state index contributed by atoms with van der Waals surface area (Å²) in [5.41, 5.74) is 3.75. The van der Waals surface area contributed by atoms with Gasteiger partial charge in [-0.1, -0.05) is 36.4 Å². The van der Waals surface area contributed by atoms with Crippen molar-refractivity contribution in [3.05, 3.63) is 78.4 Å². The van der Waals surface area contributed by atoms with Gasteiger partial charge < -0.3 is 14.8 Å². The highest BCUT2D eigenvalue weighted by Crippen LogP contribution is 2.28. The second-order valence-electron chi connectivity index (χ2n) is 6.55. The Morgan fingerprint density at radius 2 is 1.76 bits per heavy atom. The van der Waals surface area contributed by atoms with Crippen molar-refractivity contribution >= 4 is 23.4 Å². The van der Waals surface area contributed by atoms with Crippen LogP contribution >= 0.6 is 0 Å². The molecule has 0 aliphatic carbocycles. The number of methoxy groups -OCH3 is 1. The summed E-state index contributed by atoms with van der Waals surface area (Å²) < 4.78 is 10.3. The zero-order valence-corrected chi connectivity index (χ0v) is 15.9. The van der Waals surface area contributed by atoms with E-state index in [4.69, 9.17) is 9.47 Å². The molecular formula is C23H20N2O4. The van der Waals surface area contributed by atoms with Crippen LogP contribution in [0, 0.1) is 0 Å². The number of hydrogen-bond acceptors (Lipinski definition) is 4. The lowest BCUT2D eigenvalue weighted by Gasteiger charge is -2.14. The molecule has 29 heavy (non-hydrogen) atoms. The summed E-state index contributed by atoms with van der Waals surface area (Å²) in [6, 6.07) is 22.4. The van der Waals surface area contributed by atoms with Crippen molar-refractivity contribution < 1.29 is 19.1 Å². The van der Waals surface area contributed by atoms with Gasteiger partial charge in [0.15, 0.2) is 0 Å². The molecule has 1 N–H and O–H groups in total. The maximum Gasteiger partial charge on any atom is 0.414 e. The molecule has 0 bridgehead atoms. The molecule has 6 nitrogen and oxygen atoms in total. The normalized spacial score (nSPS) is 13.1. The first-order valence-corrected chi connectivity index (χ1v) is 9.25. The molecule has 0 aromatic heterocycles. The summed E-state index contributed by atoms with van der Waals surface area (Å²) in [5.74, 6) is 0.228. The molecule has 4 rings (SSSR count). The monoisotopic (exact) mass is 388 g/mol. The second-order valence-corrected chi connectivity index (χ2v) is 6.55. The first kappa shape index (κ1) is 18.6. The molecule has 0 spiro atoms. The Kier molecular flexibility index (Phi) is 5.16. The van der Waals surface area contributed by atoms with E-state index in [9.17, 15) is 9.59 Å². The fourth-order valence-corrected chi connectivity index (χ4v) is 3.25. The fourth-order valence-electron chi connectivity index (χ4n) is 3.25. The van der Waals surface area contributed by atoms with Crippen LogP contribution in [0.5, 0.6) is 5.75 Å². The predicted molar refractivity (Wildman–Crippen MR) is 112 cm³/mol. The van der Waals surface area contributed by atoms with Crippen LogP contribution in [0.3, 0.4) is 0 Å². The van der Waals surface area contributed by atoms with Crippen molar-refractivity contribution in [3.63, 3.8) is 0 Å². The summed E-state index contributed by atoms with van der Waals surface area (Å²) >= 11 is 0. The zero-order valence-electron chi connectivity index (χ0n) is 15.9. The molecule has 1 aliphatic heterocycles. The van der Waals surface area contributed by atoms with E-state index in [-0.39, 0.29) is 12.0 Å². The van der Waals surface area contributed by atoms with E-state index >= 15 is 0 Å². The summed E-state index contributed by atoms with van der Waals surface area (Å²) in [6.45, 7) is 0.906. The van der Waals surface area contributed by atoms with Gasteiger partial charge in [0.1, 0.15) is 12.4 Å². The minimum absolute atomic E-state index is 0.270. The molecule has 2 amide bonds. The maximum atomic E-state index is 12.9. The van der Waals surface area contributed by atoms with Gasteiger partial charge in [-0.2, -0.15) is 0 Å². The van der Waals surface area contributed by atoms with Gasteiger partial charge in [0.25, 0.3) is 5.91 Å². The van der Waals surface area contributed by atoms with Crippen molar-refractivity contribution in [2.45, 2.75) is 0 Å². The zero-order chi connectivity index (χ0) is 20.2. The Morgan fingerprint density at radius 1 is 1.00 bits per heavy atom. The number of carbonyl (C=O) groups is 2. The van der Waals surface area contributed by atoms with Crippen molar-refractivity contribution in [1.82, 2.24) is 0 Å². The Labute approximate surface area is 168 Å². The smallest absolute Gasteiger partial charge is 0.414 e. The second kappa shape index (κ2) is 8.06. The SMILES string of the molecule is COc1ccc(-c2ccccc2)cc1C(=O)Nc1ccc(N2CCOC2=O)cc1. The summed E-state index contributed by atoms with van der Waals surface area (Å²) in [6.07, 6.45) is -0.357. The van der Waals surface area contributed by atoms with E-state index in [1.807, 2.05) is 42.5 Å². The number of ether oxygens (including phenoxy) is 2. The third-order valence-electron chi connectivity index (χ3n) is 4.75. The topological polar surface area (TPSA) is 67.9 Å². The van der Waals surface area contributed by atoms with Crippen molar-refractivity contribution in [2.24, 2.45) is 0 Å². The lowest BCUT2D eigenvalue weighted by Crippen LogP contribution is -2.23. The van der Waals surface area contributed by atoms with Crippen LogP contribution in [-0.2, 0) is 4.74 Å². The molecule has 0 radical (unpaired) electrons. The molecular weight excluding hydrogens is 368 g/mol. The Bertz CT molecular complexity index is 1030. The van der Waals surface area contributed by atoms with Crippen LogP contribution in [0.25, 0.3) is 11.1 Å². The van der Waals surface area contributed by atoms with Gasteiger partial charge in [0, 0.05) is 11.4 Å². The highest BCUT2D eigenvalue weighted by molar-refractivity contribution is 6.07. The first-order chi connectivity index (χ1) is 14.2. The van der Waals surface area contributed by atoms with Crippen LogP contribution < -0.4 is 15.0 Å². The average molecular weight is 388 g/mol. The van der Waals surface area contributed by atoms with E-state index < -0.39 is 0 Å². The maximum absolute atomic E-state index is 12.9. The van der Waals surface area contributed by atoms with E-state index in [0.29, 0.717) is 30.2 Å². The molecule has 0 atom stereocenters. The number of nitrogens with zero attached hydrogens (tertiary/aromatic N) is 1. The summed E-state index contributed by atoms with van der Waals surface area (Å²) in [4.78, 5) is 26.1. The van der Waals surface area contributed by atoms with Crippen LogP contribution in [-0.4, -0.2) is 32.3 Å². The van der Waals surface area contributed by atoms with E-state index in [1.165, 1.54) is 7.11 Å². The van der Waals surface area contributed by atoms with Crippen molar-refractivity contribution in [1.29, 1.82) is 0 Å². The number of cyclic esters (lactones) is 1. The molecule has 1 saturated heterocycles. The Morgan fingerprint density at radius 3 is 2.41 bits per heavy atom. The van der Waals surface area contributed by atoms with Crippen LogP contribution in [0.2, 0.25) is 0 Å². The number of nitrogens with one attached hydrogen (secondary N) is 1. The predicted octanol–water partition coefficient (Wildman–Crippen LogP) is 4.57. The van der Waals surface area contributed by atoms with E-state index in [0.717, 1.165) is 16.8 Å². The first-order valence-electron chi connectivity index (χ1n) is 9.25. The highest BCUT2D eigenvalue weighted by atomic mass is 16.6. The third-order valence-corrected chi connectivity index (χ3v) is 4.75. The minimum Gasteiger partial charge on any atom is -0.496 e. The van der Waals surface area contributed by atoms with Gasteiger partial charge in [-0.05, 0) is 47.5 Å². The van der Waals surface area contributed by atoms with E-state index in [2.05, 4.69) is 5.32 Å². The number of rotatable bonds is 5. The molecule has 1 aliphatic rings. The molecule has 0 unspecified atom stereocenters. The third kappa shape index (κ3) is 3.91. The fraction of sp³-hybridized carbons (Fsp3) is 0.130. The number of carbonyl (C=O) groups excluding carboxylic acids is 2. The van der Waals surface area contributed by atoms with Gasteiger partial charge in [-0.15, -0.1) is 0 Å². The van der Waals surface area contributed by atoms with Gasteiger partial charge in [0.05, 0.1) is 19.2 Å². The molecule has 6 heteroatoms. The molecule has 3 aromatic rings. The summed E-state index contributed by atoms with van der Waals surface area (Å²) in [7, 11) is 1.54. The van der Waals surface area contributed by atoms with Gasteiger partial charge in [-0.25, -0.2) is 4.79 Å². The van der Waals surface area contributed by atoms with Crippen molar-refractivity contribution in [3.8, 4) is 16.9 Å². The molecule has 1 fully saturated rings. The Hall–Kier alpha value is -3.80. The quantitative estimate of drug-likeness (QED) is 0.695. The average Bonchev–Trinajstić information content (AvgIpc) is 3.20. The number of anilines is 2. The van der Waals surface area contributed by atoms with Crippen LogP contribution in [0.15, 0.2) is 72.8 Å². The largest absolute Gasteiger partial charge is 0.496 e. The van der Waals surface area contributed by atoms with Crippen LogP contribution in [0.1, 0.15) is 10.4 Å². The van der Waals surface area contributed by atoms with Crippen LogP contribution in [0.4, 0.5) is 16.2 Å². The molecule has 1 heterocycles. The number of hydrogen-bond donors (Lipinski definition) is 1. The molecule has 146 valence electrons. The lowest BCUT2D eigenvalue weighted by molar-refractivity contribution is 0.102. The minimum atomic E-state index is -0.357. The number of benzene rings is 3. The van der Waals surface area contributed by atoms with Gasteiger partial charge in [0.2, 0.25) is 0 Å². The van der Waals surface area contributed by atoms with Gasteiger partial charge >= 0.3 is 6.09 Å². The molecule has 0 saturated carbocycles. The lowest BCUT2D eigenvalue weighted by atomic mass is 10.0. The standard InChI is InChI=1S/C23H20N2O4/c1-28-21-12-7-17(16-5-3-2-4-6-16)15-20(21)22(26)24-18-8-10-19(11-9-18)25-13-14-29-23(25)27/h2-12,15H,13-14H2,1H3,(H,24,26). The van der Waals surface area contributed by atoms with Crippen molar-refractivity contribution in [2.75, 3.05) is 30.5 Å². The van der Waals surface area contributed by atoms with E-state index in [1.54, 1.807) is 35.2 Å². The highest BCUT2D eigenvalue weighted by Gasteiger charge is 2.23. The Balaban J connectivity index is 1.55. The number of amides is 2.